The Hall–Kier alpha value is -2.32. The van der Waals surface area contributed by atoms with Crippen LogP contribution >= 0.6 is 23.5 Å². The van der Waals surface area contributed by atoms with Gasteiger partial charge in [0.1, 0.15) is 11.5 Å². The zero-order valence-corrected chi connectivity index (χ0v) is 20.3. The number of phenolic OH excluding ortho intramolecular Hbond substituents is 2. The molecule has 0 heterocycles. The van der Waals surface area contributed by atoms with Crippen molar-refractivity contribution in [2.45, 2.75) is 49.3 Å². The first-order valence-corrected chi connectivity index (χ1v) is 12.8. The Labute approximate surface area is 198 Å². The number of phenols is 2. The monoisotopic (exact) mass is 476 g/mol. The molecule has 6 nitrogen and oxygen atoms in total. The Morgan fingerprint density at radius 1 is 0.750 bits per heavy atom. The second-order valence-electron chi connectivity index (χ2n) is 7.18. The number of aryl methyl sites for hydroxylation is 2. The van der Waals surface area contributed by atoms with Crippen LogP contribution in [0.2, 0.25) is 0 Å². The van der Waals surface area contributed by atoms with Crippen molar-refractivity contribution in [1.29, 1.82) is 0 Å². The molecule has 0 atom stereocenters. The lowest BCUT2D eigenvalue weighted by molar-refractivity contribution is -0.122. The van der Waals surface area contributed by atoms with Gasteiger partial charge in [0, 0.05) is 47.2 Å². The lowest BCUT2D eigenvalue weighted by Crippen LogP contribution is -2.34. The molecule has 0 saturated heterocycles. The van der Waals surface area contributed by atoms with Gasteiger partial charge in [-0.1, -0.05) is 13.8 Å². The summed E-state index contributed by atoms with van der Waals surface area (Å²) in [5.41, 5.74) is 1.81. The van der Waals surface area contributed by atoms with Gasteiger partial charge in [0.2, 0.25) is 11.8 Å². The van der Waals surface area contributed by atoms with E-state index in [4.69, 9.17) is 0 Å². The van der Waals surface area contributed by atoms with E-state index >= 15 is 0 Å². The smallest absolute Gasteiger partial charge is 0.220 e. The molecule has 0 radical (unpaired) electrons. The van der Waals surface area contributed by atoms with Crippen LogP contribution in [0.1, 0.15) is 37.8 Å². The molecule has 0 aliphatic rings. The minimum atomic E-state index is -0.0455. The Balaban J connectivity index is 1.55. The van der Waals surface area contributed by atoms with Gasteiger partial charge in [-0.3, -0.25) is 9.59 Å². The molecule has 2 aromatic carbocycles. The summed E-state index contributed by atoms with van der Waals surface area (Å²) in [6.07, 6.45) is 2.32. The molecule has 0 fully saturated rings. The van der Waals surface area contributed by atoms with E-state index in [9.17, 15) is 19.8 Å². The largest absolute Gasteiger partial charge is 0.508 e. The number of rotatable bonds is 13. The maximum absolute atomic E-state index is 12.0. The molecule has 0 saturated carbocycles. The van der Waals surface area contributed by atoms with Crippen LogP contribution in [0.15, 0.2) is 46.2 Å². The number of carbonyl (C=O) groups is 2. The summed E-state index contributed by atoms with van der Waals surface area (Å²) < 4.78 is 0. The molecule has 8 heteroatoms. The van der Waals surface area contributed by atoms with Crippen LogP contribution in [0.3, 0.4) is 0 Å². The molecule has 0 aliphatic heterocycles. The van der Waals surface area contributed by atoms with Gasteiger partial charge < -0.3 is 20.8 Å². The SMILES string of the molecule is CCc1cc(SCCC(=O)NCCNC(=O)CCSc2ccc(O)c(CC)c2)ccc1O. The zero-order chi connectivity index (χ0) is 23.3. The molecule has 0 unspecified atom stereocenters. The van der Waals surface area contributed by atoms with Crippen molar-refractivity contribution in [3.05, 3.63) is 47.5 Å². The summed E-state index contributed by atoms with van der Waals surface area (Å²) in [4.78, 5) is 26.0. The third-order valence-corrected chi connectivity index (χ3v) is 6.82. The van der Waals surface area contributed by atoms with Crippen molar-refractivity contribution in [2.75, 3.05) is 24.6 Å². The Morgan fingerprint density at radius 3 is 1.53 bits per heavy atom. The van der Waals surface area contributed by atoms with Crippen molar-refractivity contribution in [1.82, 2.24) is 10.6 Å². The maximum Gasteiger partial charge on any atom is 0.220 e. The standard InChI is InChI=1S/C24H32N2O4S2/c1-3-17-15-19(5-7-21(17)27)31-13-9-23(29)25-11-12-26-24(30)10-14-32-20-6-8-22(28)18(4-2)16-20/h5-8,15-16,27-28H,3-4,9-14H2,1-2H3,(H,25,29)(H,26,30). The molecule has 0 aromatic heterocycles. The average Bonchev–Trinajstić information content (AvgIpc) is 2.79. The summed E-state index contributed by atoms with van der Waals surface area (Å²) in [5.74, 6) is 1.83. The first-order valence-electron chi connectivity index (χ1n) is 10.9. The Morgan fingerprint density at radius 2 is 1.16 bits per heavy atom. The van der Waals surface area contributed by atoms with Crippen LogP contribution in [-0.4, -0.2) is 46.6 Å². The van der Waals surface area contributed by atoms with Crippen molar-refractivity contribution >= 4 is 35.3 Å². The first kappa shape index (κ1) is 25.9. The van der Waals surface area contributed by atoms with Gasteiger partial charge in [-0.2, -0.15) is 0 Å². The number of amides is 2. The molecule has 0 aliphatic carbocycles. The van der Waals surface area contributed by atoms with Crippen molar-refractivity contribution in [2.24, 2.45) is 0 Å². The fourth-order valence-electron chi connectivity index (χ4n) is 2.97. The molecular formula is C24H32N2O4S2. The normalized spacial score (nSPS) is 10.7. The second-order valence-corrected chi connectivity index (χ2v) is 9.52. The van der Waals surface area contributed by atoms with E-state index in [0.717, 1.165) is 33.8 Å². The predicted molar refractivity (Wildman–Crippen MR) is 132 cm³/mol. The summed E-state index contributed by atoms with van der Waals surface area (Å²) >= 11 is 3.17. The average molecular weight is 477 g/mol. The quantitative estimate of drug-likeness (QED) is 0.256. The molecule has 0 bridgehead atoms. The van der Waals surface area contributed by atoms with Crippen LogP contribution < -0.4 is 10.6 Å². The van der Waals surface area contributed by atoms with Crippen LogP contribution in [0.5, 0.6) is 11.5 Å². The Bertz CT molecular complexity index is 832. The molecular weight excluding hydrogens is 444 g/mol. The molecule has 4 N–H and O–H groups in total. The van der Waals surface area contributed by atoms with Gasteiger partial charge in [0.15, 0.2) is 0 Å². The van der Waals surface area contributed by atoms with Gasteiger partial charge >= 0.3 is 0 Å². The molecule has 0 spiro atoms. The lowest BCUT2D eigenvalue weighted by atomic mass is 10.1. The zero-order valence-electron chi connectivity index (χ0n) is 18.6. The highest BCUT2D eigenvalue weighted by atomic mass is 32.2. The highest BCUT2D eigenvalue weighted by Gasteiger charge is 2.06. The Kier molecular flexibility index (Phi) is 11.3. The van der Waals surface area contributed by atoms with E-state index in [0.29, 0.717) is 48.9 Å². The fourth-order valence-corrected chi connectivity index (χ4v) is 4.80. The van der Waals surface area contributed by atoms with Crippen LogP contribution in [0, 0.1) is 0 Å². The van der Waals surface area contributed by atoms with E-state index in [2.05, 4.69) is 10.6 Å². The molecule has 2 amide bonds. The van der Waals surface area contributed by atoms with Gasteiger partial charge in [-0.15, -0.1) is 23.5 Å². The predicted octanol–water partition coefficient (Wildman–Crippen LogP) is 4.12. The summed E-state index contributed by atoms with van der Waals surface area (Å²) in [5, 5.41) is 25.1. The summed E-state index contributed by atoms with van der Waals surface area (Å²) in [6, 6.07) is 11.0. The molecule has 2 rings (SSSR count). The van der Waals surface area contributed by atoms with Crippen LogP contribution in [0.4, 0.5) is 0 Å². The fraction of sp³-hybridized carbons (Fsp3) is 0.417. The summed E-state index contributed by atoms with van der Waals surface area (Å²) in [6.45, 7) is 4.79. The number of benzene rings is 2. The maximum atomic E-state index is 12.0. The number of carbonyl (C=O) groups excluding carboxylic acids is 2. The van der Waals surface area contributed by atoms with Gasteiger partial charge in [0.05, 0.1) is 0 Å². The third kappa shape index (κ3) is 9.04. The van der Waals surface area contributed by atoms with E-state index in [1.54, 1.807) is 35.7 Å². The van der Waals surface area contributed by atoms with Crippen LogP contribution in [0.25, 0.3) is 0 Å². The van der Waals surface area contributed by atoms with Gasteiger partial charge in [-0.05, 0) is 60.4 Å². The number of thioether (sulfide) groups is 2. The van der Waals surface area contributed by atoms with Crippen molar-refractivity contribution in [3.8, 4) is 11.5 Å². The lowest BCUT2D eigenvalue weighted by Gasteiger charge is -2.08. The van der Waals surface area contributed by atoms with Gasteiger partial charge in [0.25, 0.3) is 0 Å². The number of hydrogen-bond acceptors (Lipinski definition) is 6. The first-order chi connectivity index (χ1) is 15.4. The van der Waals surface area contributed by atoms with E-state index in [1.807, 2.05) is 38.1 Å². The third-order valence-electron chi connectivity index (χ3n) is 4.83. The minimum absolute atomic E-state index is 0.0455. The van der Waals surface area contributed by atoms with Crippen molar-refractivity contribution < 1.29 is 19.8 Å². The minimum Gasteiger partial charge on any atom is -0.508 e. The topological polar surface area (TPSA) is 98.7 Å². The molecule has 2 aromatic rings. The van der Waals surface area contributed by atoms with E-state index in [-0.39, 0.29) is 11.8 Å². The van der Waals surface area contributed by atoms with Crippen LogP contribution in [-0.2, 0) is 22.4 Å². The van der Waals surface area contributed by atoms with E-state index < -0.39 is 0 Å². The highest BCUT2D eigenvalue weighted by molar-refractivity contribution is 7.99. The number of hydrogen-bond donors (Lipinski definition) is 4. The number of nitrogens with one attached hydrogen (secondary N) is 2. The van der Waals surface area contributed by atoms with E-state index in [1.165, 1.54) is 0 Å². The number of aromatic hydroxyl groups is 2. The highest BCUT2D eigenvalue weighted by Crippen LogP contribution is 2.27. The molecule has 32 heavy (non-hydrogen) atoms. The summed E-state index contributed by atoms with van der Waals surface area (Å²) in [7, 11) is 0. The van der Waals surface area contributed by atoms with Gasteiger partial charge in [-0.25, -0.2) is 0 Å². The second kappa shape index (κ2) is 14.0. The molecule has 174 valence electrons. The van der Waals surface area contributed by atoms with Crippen molar-refractivity contribution in [3.63, 3.8) is 0 Å².